The lowest BCUT2D eigenvalue weighted by Gasteiger charge is -2.05. The standard InChI is InChI=1S/C7H13N.C2H7N/c8-7(5-1-2-5)6-3-4-6;1-2-3/h5-7H,1-4,8H2;2-3H2,1H3. The van der Waals surface area contributed by atoms with Crippen molar-refractivity contribution in [2.24, 2.45) is 23.3 Å². The predicted octanol–water partition coefficient (Wildman–Crippen LogP) is 1.10. The smallest absolute Gasteiger partial charge is 0.00956 e. The molecular weight excluding hydrogens is 136 g/mol. The van der Waals surface area contributed by atoms with Crippen molar-refractivity contribution in [1.29, 1.82) is 0 Å². The molecule has 0 bridgehead atoms. The van der Waals surface area contributed by atoms with Gasteiger partial charge < -0.3 is 11.5 Å². The average molecular weight is 156 g/mol. The van der Waals surface area contributed by atoms with Gasteiger partial charge in [-0.3, -0.25) is 0 Å². The average Bonchev–Trinajstić information content (AvgIpc) is 2.86. The van der Waals surface area contributed by atoms with Crippen molar-refractivity contribution in [1.82, 2.24) is 0 Å². The van der Waals surface area contributed by atoms with Gasteiger partial charge in [-0.05, 0) is 44.1 Å². The molecule has 2 nitrogen and oxygen atoms in total. The summed E-state index contributed by atoms with van der Waals surface area (Å²) in [7, 11) is 0. The van der Waals surface area contributed by atoms with E-state index < -0.39 is 0 Å². The van der Waals surface area contributed by atoms with Crippen LogP contribution in [0.1, 0.15) is 32.6 Å². The Morgan fingerprint density at radius 3 is 1.64 bits per heavy atom. The monoisotopic (exact) mass is 156 g/mol. The van der Waals surface area contributed by atoms with E-state index >= 15 is 0 Å². The summed E-state index contributed by atoms with van der Waals surface area (Å²) in [6.07, 6.45) is 5.66. The van der Waals surface area contributed by atoms with Gasteiger partial charge in [-0.25, -0.2) is 0 Å². The molecule has 2 fully saturated rings. The zero-order valence-corrected chi connectivity index (χ0v) is 7.42. The number of hydrogen-bond acceptors (Lipinski definition) is 2. The van der Waals surface area contributed by atoms with Crippen LogP contribution in [0.4, 0.5) is 0 Å². The van der Waals surface area contributed by atoms with Gasteiger partial charge in [0.2, 0.25) is 0 Å². The highest BCUT2D eigenvalue weighted by molar-refractivity contribution is 4.93. The normalized spacial score (nSPS) is 22.9. The maximum absolute atomic E-state index is 5.88. The molecule has 2 aliphatic rings. The number of rotatable bonds is 2. The summed E-state index contributed by atoms with van der Waals surface area (Å²) in [6, 6.07) is 0.593. The minimum Gasteiger partial charge on any atom is -0.331 e. The van der Waals surface area contributed by atoms with Crippen molar-refractivity contribution in [2.45, 2.75) is 38.6 Å². The van der Waals surface area contributed by atoms with Gasteiger partial charge in [-0.2, -0.15) is 0 Å². The molecule has 0 aliphatic heterocycles. The second-order valence-electron chi connectivity index (χ2n) is 3.66. The Balaban J connectivity index is 0.000000179. The van der Waals surface area contributed by atoms with E-state index in [4.69, 9.17) is 11.5 Å². The Hall–Kier alpha value is -0.0800. The van der Waals surface area contributed by atoms with Crippen LogP contribution in [0.5, 0.6) is 0 Å². The van der Waals surface area contributed by atoms with Crippen molar-refractivity contribution in [2.75, 3.05) is 6.54 Å². The summed E-state index contributed by atoms with van der Waals surface area (Å²) in [6.45, 7) is 2.65. The molecule has 11 heavy (non-hydrogen) atoms. The third kappa shape index (κ3) is 3.21. The summed E-state index contributed by atoms with van der Waals surface area (Å²) < 4.78 is 0. The first-order chi connectivity index (χ1) is 5.29. The zero-order valence-electron chi connectivity index (χ0n) is 7.42. The van der Waals surface area contributed by atoms with E-state index in [9.17, 15) is 0 Å². The third-order valence-corrected chi connectivity index (χ3v) is 2.33. The largest absolute Gasteiger partial charge is 0.331 e. The first-order valence-electron chi connectivity index (χ1n) is 4.75. The first-order valence-corrected chi connectivity index (χ1v) is 4.75. The summed E-state index contributed by atoms with van der Waals surface area (Å²) in [4.78, 5) is 0. The molecule has 0 amide bonds. The van der Waals surface area contributed by atoms with Crippen LogP contribution in [-0.2, 0) is 0 Å². The summed E-state index contributed by atoms with van der Waals surface area (Å²) >= 11 is 0. The van der Waals surface area contributed by atoms with Gasteiger partial charge in [0, 0.05) is 6.04 Å². The molecule has 0 saturated heterocycles. The molecule has 4 N–H and O–H groups in total. The highest BCUT2D eigenvalue weighted by atomic mass is 14.7. The lowest BCUT2D eigenvalue weighted by Crippen LogP contribution is -2.24. The molecule has 66 valence electrons. The fraction of sp³-hybridized carbons (Fsp3) is 1.00. The minimum absolute atomic E-state index is 0.593. The summed E-state index contributed by atoms with van der Waals surface area (Å²) in [5, 5.41) is 0. The Bertz CT molecular complexity index is 94.1. The van der Waals surface area contributed by atoms with Crippen LogP contribution in [0.3, 0.4) is 0 Å². The topological polar surface area (TPSA) is 52.0 Å². The molecule has 0 aromatic carbocycles. The van der Waals surface area contributed by atoms with Crippen molar-refractivity contribution >= 4 is 0 Å². The Labute approximate surface area is 69.3 Å². The molecule has 2 aliphatic carbocycles. The number of hydrogen-bond donors (Lipinski definition) is 2. The van der Waals surface area contributed by atoms with Crippen LogP contribution in [-0.4, -0.2) is 12.6 Å². The maximum Gasteiger partial charge on any atom is 0.00956 e. The third-order valence-electron chi connectivity index (χ3n) is 2.33. The number of nitrogens with two attached hydrogens (primary N) is 2. The molecule has 2 rings (SSSR count). The Morgan fingerprint density at radius 2 is 1.45 bits per heavy atom. The van der Waals surface area contributed by atoms with E-state index in [0.29, 0.717) is 6.04 Å². The van der Waals surface area contributed by atoms with Gasteiger partial charge in [-0.15, -0.1) is 0 Å². The van der Waals surface area contributed by atoms with Gasteiger partial charge in [0.05, 0.1) is 0 Å². The highest BCUT2D eigenvalue weighted by Crippen LogP contribution is 2.43. The van der Waals surface area contributed by atoms with Gasteiger partial charge in [0.25, 0.3) is 0 Å². The molecule has 0 atom stereocenters. The van der Waals surface area contributed by atoms with Crippen molar-refractivity contribution < 1.29 is 0 Å². The van der Waals surface area contributed by atoms with E-state index in [2.05, 4.69) is 0 Å². The van der Waals surface area contributed by atoms with Gasteiger partial charge >= 0.3 is 0 Å². The van der Waals surface area contributed by atoms with Crippen LogP contribution >= 0.6 is 0 Å². The van der Waals surface area contributed by atoms with Crippen LogP contribution in [0.15, 0.2) is 0 Å². The molecule has 0 aromatic rings. The maximum atomic E-state index is 5.88. The van der Waals surface area contributed by atoms with Crippen LogP contribution in [0.2, 0.25) is 0 Å². The van der Waals surface area contributed by atoms with Crippen LogP contribution < -0.4 is 11.5 Å². The fourth-order valence-electron chi connectivity index (χ4n) is 1.35. The molecule has 0 spiro atoms. The van der Waals surface area contributed by atoms with Crippen molar-refractivity contribution in [3.8, 4) is 0 Å². The molecule has 2 saturated carbocycles. The lowest BCUT2D eigenvalue weighted by atomic mass is 10.1. The summed E-state index contributed by atoms with van der Waals surface area (Å²) in [5.74, 6) is 1.87. The second kappa shape index (κ2) is 4.07. The second-order valence-corrected chi connectivity index (χ2v) is 3.66. The Kier molecular flexibility index (Phi) is 3.34. The van der Waals surface area contributed by atoms with Gasteiger partial charge in [-0.1, -0.05) is 6.92 Å². The molecular formula is C9H20N2. The molecule has 0 aromatic heterocycles. The van der Waals surface area contributed by atoms with E-state index in [1.54, 1.807) is 0 Å². The fourth-order valence-corrected chi connectivity index (χ4v) is 1.35. The van der Waals surface area contributed by atoms with E-state index in [1.165, 1.54) is 25.7 Å². The van der Waals surface area contributed by atoms with Gasteiger partial charge in [0.1, 0.15) is 0 Å². The van der Waals surface area contributed by atoms with E-state index in [-0.39, 0.29) is 0 Å². The SMILES string of the molecule is CCN.NC(C1CC1)C1CC1. The van der Waals surface area contributed by atoms with E-state index in [1.807, 2.05) is 6.92 Å². The predicted molar refractivity (Wildman–Crippen MR) is 48.2 cm³/mol. The highest BCUT2D eigenvalue weighted by Gasteiger charge is 2.38. The minimum atomic E-state index is 0.593. The van der Waals surface area contributed by atoms with Gasteiger partial charge in [0.15, 0.2) is 0 Å². The molecule has 0 heterocycles. The Morgan fingerprint density at radius 1 is 1.18 bits per heavy atom. The molecule has 0 unspecified atom stereocenters. The lowest BCUT2D eigenvalue weighted by molar-refractivity contribution is 0.530. The quantitative estimate of drug-likeness (QED) is 0.629. The summed E-state index contributed by atoms with van der Waals surface area (Å²) in [5.41, 5.74) is 10.7. The molecule has 2 heteroatoms. The van der Waals surface area contributed by atoms with E-state index in [0.717, 1.165) is 18.4 Å². The van der Waals surface area contributed by atoms with Crippen molar-refractivity contribution in [3.05, 3.63) is 0 Å². The van der Waals surface area contributed by atoms with Crippen molar-refractivity contribution in [3.63, 3.8) is 0 Å². The van der Waals surface area contributed by atoms with Crippen LogP contribution in [0, 0.1) is 11.8 Å². The first kappa shape index (κ1) is 9.01. The molecule has 0 radical (unpaired) electrons. The zero-order chi connectivity index (χ0) is 8.27. The van der Waals surface area contributed by atoms with Crippen LogP contribution in [0.25, 0.3) is 0 Å².